The number of benzene rings is 1. The molecule has 21 heavy (non-hydrogen) atoms. The molecule has 6 heteroatoms. The molecule has 0 spiro atoms. The van der Waals surface area contributed by atoms with Gasteiger partial charge in [0.1, 0.15) is 5.00 Å². The van der Waals surface area contributed by atoms with Crippen molar-refractivity contribution in [2.75, 3.05) is 4.90 Å². The van der Waals surface area contributed by atoms with Crippen LogP contribution in [0.4, 0.5) is 5.00 Å². The summed E-state index contributed by atoms with van der Waals surface area (Å²) < 4.78 is 0. The molecule has 2 aromatic rings. The highest BCUT2D eigenvalue weighted by molar-refractivity contribution is 7.15. The molecule has 1 atom stereocenters. The fraction of sp³-hybridized carbons (Fsp3) is 0.133. The molecular formula is C15H11NO4S. The Morgan fingerprint density at radius 1 is 1.19 bits per heavy atom. The Morgan fingerprint density at radius 3 is 2.57 bits per heavy atom. The number of carbonyl (C=O) groups is 3. The van der Waals surface area contributed by atoms with Crippen LogP contribution in [0.3, 0.4) is 0 Å². The summed E-state index contributed by atoms with van der Waals surface area (Å²) in [6.45, 7) is 0. The van der Waals surface area contributed by atoms with Crippen LogP contribution in [-0.4, -0.2) is 22.9 Å². The summed E-state index contributed by atoms with van der Waals surface area (Å²) in [5.74, 6) is -2.41. The number of hydrogen-bond donors (Lipinski definition) is 1. The first-order chi connectivity index (χ1) is 10.1. The largest absolute Gasteiger partial charge is 0.478 e. The van der Waals surface area contributed by atoms with Gasteiger partial charge in [0.15, 0.2) is 0 Å². The number of thiophene rings is 1. The molecule has 106 valence electrons. The molecule has 1 aliphatic heterocycles. The third kappa shape index (κ3) is 2.23. The van der Waals surface area contributed by atoms with E-state index in [9.17, 15) is 14.4 Å². The van der Waals surface area contributed by atoms with Crippen molar-refractivity contribution in [3.63, 3.8) is 0 Å². The summed E-state index contributed by atoms with van der Waals surface area (Å²) >= 11 is 1.08. The molecule has 1 fully saturated rings. The van der Waals surface area contributed by atoms with Crippen LogP contribution in [0.5, 0.6) is 0 Å². The van der Waals surface area contributed by atoms with E-state index in [0.717, 1.165) is 21.8 Å². The van der Waals surface area contributed by atoms with Crippen molar-refractivity contribution < 1.29 is 19.5 Å². The van der Waals surface area contributed by atoms with Crippen molar-refractivity contribution in [2.45, 2.75) is 12.3 Å². The van der Waals surface area contributed by atoms with Gasteiger partial charge in [0.05, 0.1) is 11.5 Å². The van der Waals surface area contributed by atoms with Crippen LogP contribution in [0.25, 0.3) is 0 Å². The Morgan fingerprint density at radius 2 is 1.90 bits per heavy atom. The van der Waals surface area contributed by atoms with E-state index in [1.54, 1.807) is 17.5 Å². The smallest absolute Gasteiger partial charge is 0.338 e. The number of carboxylic acid groups (broad SMARTS) is 1. The summed E-state index contributed by atoms with van der Waals surface area (Å²) in [6.07, 6.45) is 0.0693. The highest BCUT2D eigenvalue weighted by Gasteiger charge is 2.42. The molecule has 2 heterocycles. The van der Waals surface area contributed by atoms with E-state index in [1.165, 1.54) is 6.07 Å². The molecule has 1 saturated heterocycles. The van der Waals surface area contributed by atoms with E-state index in [0.29, 0.717) is 0 Å². The average molecular weight is 301 g/mol. The van der Waals surface area contributed by atoms with Gasteiger partial charge in [-0.2, -0.15) is 0 Å². The van der Waals surface area contributed by atoms with E-state index >= 15 is 0 Å². The van der Waals surface area contributed by atoms with Crippen molar-refractivity contribution in [1.29, 1.82) is 0 Å². The molecule has 1 aromatic heterocycles. The lowest BCUT2D eigenvalue weighted by molar-refractivity contribution is -0.121. The van der Waals surface area contributed by atoms with Gasteiger partial charge in [0.2, 0.25) is 11.8 Å². The monoisotopic (exact) mass is 301 g/mol. The van der Waals surface area contributed by atoms with Crippen molar-refractivity contribution >= 4 is 34.1 Å². The molecule has 3 rings (SSSR count). The van der Waals surface area contributed by atoms with Crippen LogP contribution < -0.4 is 4.90 Å². The molecule has 1 unspecified atom stereocenters. The number of aromatic carboxylic acids is 1. The predicted octanol–water partition coefficient (Wildman–Crippen LogP) is 2.49. The number of carboxylic acids is 1. The summed E-state index contributed by atoms with van der Waals surface area (Å²) in [5, 5.41) is 10.9. The lowest BCUT2D eigenvalue weighted by Crippen LogP contribution is -2.30. The minimum absolute atomic E-state index is 0.0181. The Labute approximate surface area is 124 Å². The first-order valence-electron chi connectivity index (χ1n) is 6.32. The van der Waals surface area contributed by atoms with Gasteiger partial charge in [-0.15, -0.1) is 11.3 Å². The van der Waals surface area contributed by atoms with Gasteiger partial charge in [-0.3, -0.25) is 9.59 Å². The van der Waals surface area contributed by atoms with Gasteiger partial charge in [-0.25, -0.2) is 9.69 Å². The second-order valence-corrected chi connectivity index (χ2v) is 5.57. The molecule has 2 amide bonds. The number of nitrogens with zero attached hydrogens (tertiary/aromatic N) is 1. The van der Waals surface area contributed by atoms with Crippen LogP contribution in [0, 0.1) is 0 Å². The van der Waals surface area contributed by atoms with E-state index in [2.05, 4.69) is 0 Å². The van der Waals surface area contributed by atoms with Crippen LogP contribution in [-0.2, 0) is 9.59 Å². The van der Waals surface area contributed by atoms with Gasteiger partial charge in [-0.05, 0) is 17.0 Å². The first kappa shape index (κ1) is 13.5. The lowest BCUT2D eigenvalue weighted by Gasteiger charge is -2.14. The first-order valence-corrected chi connectivity index (χ1v) is 7.20. The molecule has 0 radical (unpaired) electrons. The molecule has 0 bridgehead atoms. The van der Waals surface area contributed by atoms with Crippen LogP contribution >= 0.6 is 11.3 Å². The van der Waals surface area contributed by atoms with E-state index in [1.807, 2.05) is 18.2 Å². The second-order valence-electron chi connectivity index (χ2n) is 4.68. The zero-order valence-electron chi connectivity index (χ0n) is 10.9. The third-order valence-electron chi connectivity index (χ3n) is 3.43. The summed E-state index contributed by atoms with van der Waals surface area (Å²) in [5.41, 5.74) is 0.752. The Balaban J connectivity index is 1.98. The quantitative estimate of drug-likeness (QED) is 0.884. The Bertz CT molecular complexity index is 722. The highest BCUT2D eigenvalue weighted by Crippen LogP contribution is 2.37. The Kier molecular flexibility index (Phi) is 3.31. The van der Waals surface area contributed by atoms with Crippen molar-refractivity contribution in [3.05, 3.63) is 52.9 Å². The van der Waals surface area contributed by atoms with Gasteiger partial charge in [-0.1, -0.05) is 30.3 Å². The van der Waals surface area contributed by atoms with Gasteiger partial charge < -0.3 is 5.11 Å². The molecule has 1 aromatic carbocycles. The number of amides is 2. The highest BCUT2D eigenvalue weighted by atomic mass is 32.1. The molecule has 1 N–H and O–H groups in total. The number of rotatable bonds is 3. The minimum Gasteiger partial charge on any atom is -0.478 e. The van der Waals surface area contributed by atoms with E-state index < -0.39 is 11.9 Å². The van der Waals surface area contributed by atoms with Crippen LogP contribution in [0.15, 0.2) is 41.8 Å². The maximum absolute atomic E-state index is 12.5. The normalized spacial score (nSPS) is 18.3. The fourth-order valence-electron chi connectivity index (χ4n) is 2.43. The van der Waals surface area contributed by atoms with Gasteiger partial charge >= 0.3 is 5.97 Å². The number of hydrogen-bond acceptors (Lipinski definition) is 4. The lowest BCUT2D eigenvalue weighted by atomic mass is 9.98. The maximum Gasteiger partial charge on any atom is 0.338 e. The topological polar surface area (TPSA) is 74.7 Å². The minimum atomic E-state index is -1.14. The summed E-state index contributed by atoms with van der Waals surface area (Å²) in [4.78, 5) is 36.8. The fourth-order valence-corrected chi connectivity index (χ4v) is 3.34. The third-order valence-corrected chi connectivity index (χ3v) is 4.32. The zero-order valence-corrected chi connectivity index (χ0v) is 11.7. The number of carbonyl (C=O) groups excluding carboxylic acids is 2. The SMILES string of the molecule is O=C(O)c1ccsc1N1C(=O)CC(c2ccccc2)C1=O. The Hall–Kier alpha value is -2.47. The van der Waals surface area contributed by atoms with Crippen LogP contribution in [0.1, 0.15) is 28.3 Å². The molecule has 5 nitrogen and oxygen atoms in total. The summed E-state index contributed by atoms with van der Waals surface area (Å²) in [6, 6.07) is 10.5. The van der Waals surface area contributed by atoms with Gasteiger partial charge in [0, 0.05) is 6.42 Å². The second kappa shape index (κ2) is 5.14. The van der Waals surface area contributed by atoms with Crippen molar-refractivity contribution in [2.24, 2.45) is 0 Å². The standard InChI is InChI=1S/C15H11NO4S/c17-12-8-11(9-4-2-1-3-5-9)13(18)16(12)14-10(15(19)20)6-7-21-14/h1-7,11H,8H2,(H,19,20). The van der Waals surface area contributed by atoms with Crippen molar-refractivity contribution in [1.82, 2.24) is 0 Å². The van der Waals surface area contributed by atoms with Gasteiger partial charge in [0.25, 0.3) is 0 Å². The summed E-state index contributed by atoms with van der Waals surface area (Å²) in [7, 11) is 0. The average Bonchev–Trinajstić information content (AvgIpc) is 3.04. The van der Waals surface area contributed by atoms with Crippen LogP contribution in [0.2, 0.25) is 0 Å². The van der Waals surface area contributed by atoms with E-state index in [4.69, 9.17) is 5.11 Å². The predicted molar refractivity (Wildman–Crippen MR) is 77.6 cm³/mol. The molecular weight excluding hydrogens is 290 g/mol. The molecule has 0 saturated carbocycles. The zero-order chi connectivity index (χ0) is 15.0. The molecule has 0 aliphatic carbocycles. The number of anilines is 1. The maximum atomic E-state index is 12.5. The number of imide groups is 1. The van der Waals surface area contributed by atoms with E-state index in [-0.39, 0.29) is 28.8 Å². The van der Waals surface area contributed by atoms with Crippen molar-refractivity contribution in [3.8, 4) is 0 Å². The molecule has 1 aliphatic rings.